The van der Waals surface area contributed by atoms with Crippen molar-refractivity contribution in [1.82, 2.24) is 4.98 Å². The smallest absolute Gasteiger partial charge is 0.291 e. The Morgan fingerprint density at radius 2 is 1.91 bits per heavy atom. The number of carbonyl (C=O) groups is 1. The molecule has 0 aliphatic carbocycles. The van der Waals surface area contributed by atoms with Crippen molar-refractivity contribution in [2.75, 3.05) is 24.3 Å². The van der Waals surface area contributed by atoms with Crippen LogP contribution in [0.3, 0.4) is 0 Å². The molecule has 2 aromatic heterocycles. The van der Waals surface area contributed by atoms with E-state index in [1.165, 1.54) is 0 Å². The molecule has 1 N–H and O–H groups in total. The zero-order valence-electron chi connectivity index (χ0n) is 13.2. The topological polar surface area (TPSA) is 58.4 Å². The fraction of sp³-hybridized carbons (Fsp3) is 0.176. The van der Waals surface area contributed by atoms with Gasteiger partial charge in [-0.2, -0.15) is 0 Å². The van der Waals surface area contributed by atoms with Gasteiger partial charge in [0.2, 0.25) is 0 Å². The first-order chi connectivity index (χ1) is 11.0. The third-order valence-electron chi connectivity index (χ3n) is 3.34. The van der Waals surface area contributed by atoms with Crippen molar-refractivity contribution in [3.8, 4) is 11.5 Å². The molecule has 3 rings (SSSR count). The Hall–Kier alpha value is -2.60. The number of amides is 1. The van der Waals surface area contributed by atoms with E-state index in [1.54, 1.807) is 23.5 Å². The molecule has 1 aromatic carbocycles. The first-order valence-electron chi connectivity index (χ1n) is 7.14. The second-order valence-electron chi connectivity index (χ2n) is 5.31. The lowest BCUT2D eigenvalue weighted by molar-refractivity contribution is 0.0997. The van der Waals surface area contributed by atoms with Gasteiger partial charge in [0.25, 0.3) is 5.91 Å². The van der Waals surface area contributed by atoms with Crippen molar-refractivity contribution in [2.45, 2.75) is 6.92 Å². The summed E-state index contributed by atoms with van der Waals surface area (Å²) in [5, 5.41) is 5.70. The average Bonchev–Trinajstić information content (AvgIpc) is 3.16. The predicted octanol–water partition coefficient (Wildman–Crippen LogP) is 4.03. The number of benzene rings is 1. The van der Waals surface area contributed by atoms with Gasteiger partial charge in [-0.3, -0.25) is 4.79 Å². The van der Waals surface area contributed by atoms with Crippen LogP contribution in [0.15, 0.2) is 46.2 Å². The summed E-state index contributed by atoms with van der Waals surface area (Å²) in [6.07, 6.45) is 0. The van der Waals surface area contributed by atoms with Gasteiger partial charge in [0.1, 0.15) is 5.69 Å². The molecule has 1 amide bonds. The summed E-state index contributed by atoms with van der Waals surface area (Å²) < 4.78 is 5.60. The quantitative estimate of drug-likeness (QED) is 0.786. The normalized spacial score (nSPS) is 10.6. The van der Waals surface area contributed by atoms with Crippen LogP contribution in [0, 0.1) is 6.92 Å². The fourth-order valence-electron chi connectivity index (χ4n) is 2.11. The summed E-state index contributed by atoms with van der Waals surface area (Å²) in [5.74, 6) is 0.589. The highest BCUT2D eigenvalue weighted by Crippen LogP contribution is 2.24. The van der Waals surface area contributed by atoms with E-state index in [1.807, 2.05) is 55.6 Å². The number of furan rings is 1. The molecule has 2 heterocycles. The molecule has 0 saturated heterocycles. The lowest BCUT2D eigenvalue weighted by Crippen LogP contribution is -2.11. The van der Waals surface area contributed by atoms with Gasteiger partial charge in [0.05, 0.1) is 5.01 Å². The Labute approximate surface area is 138 Å². The Bertz CT molecular complexity index is 818. The fourth-order valence-corrected chi connectivity index (χ4v) is 2.71. The van der Waals surface area contributed by atoms with Gasteiger partial charge in [-0.15, -0.1) is 11.3 Å². The number of anilines is 2. The third kappa shape index (κ3) is 3.43. The van der Waals surface area contributed by atoms with Crippen molar-refractivity contribution >= 4 is 28.6 Å². The SMILES string of the molecule is Cc1nc(-c2ccc(C(=O)Nc3ccc(N(C)C)cc3)o2)cs1. The van der Waals surface area contributed by atoms with Gasteiger partial charge in [-0.1, -0.05) is 0 Å². The summed E-state index contributed by atoms with van der Waals surface area (Å²) in [6, 6.07) is 11.0. The van der Waals surface area contributed by atoms with Crippen molar-refractivity contribution in [2.24, 2.45) is 0 Å². The van der Waals surface area contributed by atoms with E-state index in [9.17, 15) is 4.79 Å². The standard InChI is InChI=1S/C17H17N3O2S/c1-11-18-14(10-23-11)15-8-9-16(22-15)17(21)19-12-4-6-13(7-5-12)20(2)3/h4-10H,1-3H3,(H,19,21). The maximum Gasteiger partial charge on any atom is 0.291 e. The molecule has 0 bridgehead atoms. The van der Waals surface area contributed by atoms with Gasteiger partial charge in [0.15, 0.2) is 11.5 Å². The van der Waals surface area contributed by atoms with E-state index < -0.39 is 0 Å². The van der Waals surface area contributed by atoms with Crippen molar-refractivity contribution in [3.05, 3.63) is 52.5 Å². The maximum absolute atomic E-state index is 12.2. The molecule has 118 valence electrons. The summed E-state index contributed by atoms with van der Waals surface area (Å²) >= 11 is 1.55. The summed E-state index contributed by atoms with van der Waals surface area (Å²) in [5.41, 5.74) is 2.55. The Kier molecular flexibility index (Phi) is 4.16. The molecule has 0 atom stereocenters. The maximum atomic E-state index is 12.2. The largest absolute Gasteiger partial charge is 0.449 e. The van der Waals surface area contributed by atoms with E-state index in [0.717, 1.165) is 22.1 Å². The molecule has 3 aromatic rings. The van der Waals surface area contributed by atoms with Gasteiger partial charge < -0.3 is 14.6 Å². The molecule has 0 radical (unpaired) electrons. The monoisotopic (exact) mass is 327 g/mol. The number of aromatic nitrogens is 1. The van der Waals surface area contributed by atoms with Gasteiger partial charge in [-0.25, -0.2) is 4.98 Å². The minimum atomic E-state index is -0.277. The van der Waals surface area contributed by atoms with Crippen LogP contribution < -0.4 is 10.2 Å². The van der Waals surface area contributed by atoms with Crippen LogP contribution in [-0.2, 0) is 0 Å². The third-order valence-corrected chi connectivity index (χ3v) is 4.12. The molecule has 23 heavy (non-hydrogen) atoms. The van der Waals surface area contributed by atoms with E-state index in [4.69, 9.17) is 4.42 Å². The summed E-state index contributed by atoms with van der Waals surface area (Å²) in [6.45, 7) is 1.93. The predicted molar refractivity (Wildman–Crippen MR) is 93.3 cm³/mol. The minimum absolute atomic E-state index is 0.266. The van der Waals surface area contributed by atoms with Crippen LogP contribution in [0.25, 0.3) is 11.5 Å². The molecular formula is C17H17N3O2S. The Morgan fingerprint density at radius 3 is 2.52 bits per heavy atom. The van der Waals surface area contributed by atoms with Crippen LogP contribution >= 0.6 is 11.3 Å². The van der Waals surface area contributed by atoms with Crippen LogP contribution in [0.5, 0.6) is 0 Å². The van der Waals surface area contributed by atoms with E-state index >= 15 is 0 Å². The Balaban J connectivity index is 1.72. The zero-order valence-corrected chi connectivity index (χ0v) is 14.0. The average molecular weight is 327 g/mol. The molecule has 0 fully saturated rings. The molecule has 0 aliphatic heterocycles. The summed E-state index contributed by atoms with van der Waals surface area (Å²) in [4.78, 5) is 18.6. The zero-order chi connectivity index (χ0) is 16.4. The summed E-state index contributed by atoms with van der Waals surface area (Å²) in [7, 11) is 3.94. The molecule has 6 heteroatoms. The second kappa shape index (κ2) is 6.26. The van der Waals surface area contributed by atoms with Gasteiger partial charge in [0, 0.05) is 30.9 Å². The lowest BCUT2D eigenvalue weighted by Gasteiger charge is -2.12. The van der Waals surface area contributed by atoms with Crippen molar-refractivity contribution in [1.29, 1.82) is 0 Å². The molecule has 0 unspecified atom stereocenters. The number of aryl methyl sites for hydroxylation is 1. The molecule has 5 nitrogen and oxygen atoms in total. The van der Waals surface area contributed by atoms with Crippen LogP contribution in [0.2, 0.25) is 0 Å². The van der Waals surface area contributed by atoms with Crippen LogP contribution in [0.1, 0.15) is 15.6 Å². The van der Waals surface area contributed by atoms with Crippen molar-refractivity contribution in [3.63, 3.8) is 0 Å². The second-order valence-corrected chi connectivity index (χ2v) is 6.37. The first kappa shape index (κ1) is 15.3. The number of thiazole rings is 1. The number of hydrogen-bond acceptors (Lipinski definition) is 5. The Morgan fingerprint density at radius 1 is 1.17 bits per heavy atom. The lowest BCUT2D eigenvalue weighted by atomic mass is 10.2. The molecule has 0 saturated carbocycles. The van der Waals surface area contributed by atoms with Gasteiger partial charge >= 0.3 is 0 Å². The minimum Gasteiger partial charge on any atom is -0.449 e. The number of carbonyl (C=O) groups excluding carboxylic acids is 1. The van der Waals surface area contributed by atoms with E-state index in [0.29, 0.717) is 5.76 Å². The highest BCUT2D eigenvalue weighted by atomic mass is 32.1. The number of nitrogens with zero attached hydrogens (tertiary/aromatic N) is 2. The molecule has 0 aliphatic rings. The number of nitrogens with one attached hydrogen (secondary N) is 1. The van der Waals surface area contributed by atoms with Crippen LogP contribution in [0.4, 0.5) is 11.4 Å². The number of hydrogen-bond donors (Lipinski definition) is 1. The van der Waals surface area contributed by atoms with Crippen LogP contribution in [-0.4, -0.2) is 25.0 Å². The van der Waals surface area contributed by atoms with Gasteiger partial charge in [-0.05, 0) is 43.3 Å². The van der Waals surface area contributed by atoms with Crippen molar-refractivity contribution < 1.29 is 9.21 Å². The molecule has 0 spiro atoms. The highest BCUT2D eigenvalue weighted by molar-refractivity contribution is 7.09. The molecular weight excluding hydrogens is 310 g/mol. The number of rotatable bonds is 4. The first-order valence-corrected chi connectivity index (χ1v) is 8.02. The highest BCUT2D eigenvalue weighted by Gasteiger charge is 2.14. The van der Waals surface area contributed by atoms with E-state index in [-0.39, 0.29) is 11.7 Å². The van der Waals surface area contributed by atoms with E-state index in [2.05, 4.69) is 10.3 Å².